The fourth-order valence-electron chi connectivity index (χ4n) is 1.93. The van der Waals surface area contributed by atoms with Gasteiger partial charge in [-0.25, -0.2) is 0 Å². The minimum Gasteiger partial charge on any atom is -0.481 e. The monoisotopic (exact) mass is 311 g/mol. The van der Waals surface area contributed by atoms with E-state index in [0.717, 1.165) is 35.7 Å². The lowest BCUT2D eigenvalue weighted by atomic mass is 10.3. The van der Waals surface area contributed by atoms with Crippen LogP contribution in [0.3, 0.4) is 0 Å². The lowest BCUT2D eigenvalue weighted by Gasteiger charge is -2.06. The lowest BCUT2D eigenvalue weighted by Crippen LogP contribution is -2.03. The van der Waals surface area contributed by atoms with Crippen LogP contribution >= 0.6 is 23.3 Å². The van der Waals surface area contributed by atoms with Gasteiger partial charge in [-0.05, 0) is 30.8 Å². The van der Waals surface area contributed by atoms with Crippen LogP contribution in [-0.2, 0) is 11.2 Å². The molecule has 3 rings (SSSR count). The number of aromatic nitrogens is 5. The molecule has 1 fully saturated rings. The van der Waals surface area contributed by atoms with Crippen LogP contribution < -0.4 is 0 Å². The second kappa shape index (κ2) is 5.49. The molecule has 1 saturated carbocycles. The first kappa shape index (κ1) is 13.5. The van der Waals surface area contributed by atoms with Crippen molar-refractivity contribution < 1.29 is 9.90 Å². The summed E-state index contributed by atoms with van der Waals surface area (Å²) in [6, 6.07) is 0.378. The molecule has 0 amide bonds. The maximum absolute atomic E-state index is 10.7. The van der Waals surface area contributed by atoms with E-state index in [1.165, 1.54) is 23.3 Å². The first-order chi connectivity index (χ1) is 9.70. The Morgan fingerprint density at radius 1 is 1.45 bits per heavy atom. The zero-order valence-electron chi connectivity index (χ0n) is 10.8. The Balaban J connectivity index is 1.97. The summed E-state index contributed by atoms with van der Waals surface area (Å²) in [5, 5.41) is 21.9. The molecule has 9 heteroatoms. The molecule has 0 atom stereocenters. The van der Waals surface area contributed by atoms with E-state index >= 15 is 0 Å². The number of thioether (sulfide) groups is 1. The number of nitrogens with zero attached hydrogens (tertiary/aromatic N) is 5. The van der Waals surface area contributed by atoms with Gasteiger partial charge in [0.1, 0.15) is 4.88 Å². The van der Waals surface area contributed by atoms with Gasteiger partial charge in [0.15, 0.2) is 11.0 Å². The summed E-state index contributed by atoms with van der Waals surface area (Å²) in [6.45, 7) is 2.03. The summed E-state index contributed by atoms with van der Waals surface area (Å²) < 4.78 is 6.03. The smallest absolute Gasteiger partial charge is 0.313 e. The SMILES string of the molecule is CCc1nnsc1-c1nnc(SCC(=O)O)n1C1CC1. The van der Waals surface area contributed by atoms with Gasteiger partial charge in [-0.1, -0.05) is 23.2 Å². The second-order valence-electron chi connectivity index (χ2n) is 4.49. The highest BCUT2D eigenvalue weighted by Gasteiger charge is 2.31. The van der Waals surface area contributed by atoms with E-state index in [1.807, 2.05) is 11.5 Å². The third kappa shape index (κ3) is 2.55. The van der Waals surface area contributed by atoms with E-state index in [2.05, 4.69) is 19.8 Å². The molecule has 1 aliphatic carbocycles. The summed E-state index contributed by atoms with van der Waals surface area (Å²) in [6.07, 6.45) is 2.96. The molecule has 2 aromatic heterocycles. The molecule has 2 aromatic rings. The first-order valence-electron chi connectivity index (χ1n) is 6.31. The van der Waals surface area contributed by atoms with E-state index < -0.39 is 5.97 Å². The predicted octanol–water partition coefficient (Wildman–Crippen LogP) is 1.87. The zero-order chi connectivity index (χ0) is 14.1. The standard InChI is InChI=1S/C11H13N5O2S2/c1-2-7-9(20-15-12-7)10-13-14-11(19-5-8(17)18)16(10)6-3-4-6/h6H,2-5H2,1H3,(H,17,18). The molecule has 1 N–H and O–H groups in total. The van der Waals surface area contributed by atoms with E-state index in [-0.39, 0.29) is 5.75 Å². The predicted molar refractivity (Wildman–Crippen MR) is 74.9 cm³/mol. The van der Waals surface area contributed by atoms with Crippen LogP contribution in [0.2, 0.25) is 0 Å². The molecule has 0 unspecified atom stereocenters. The molecule has 0 aliphatic heterocycles. The quantitative estimate of drug-likeness (QED) is 0.814. The first-order valence-corrected chi connectivity index (χ1v) is 8.07. The largest absolute Gasteiger partial charge is 0.481 e. The number of hydrogen-bond donors (Lipinski definition) is 1. The molecule has 1 aliphatic rings. The van der Waals surface area contributed by atoms with Gasteiger partial charge in [-0.3, -0.25) is 9.36 Å². The Hall–Kier alpha value is -1.48. The Kier molecular flexibility index (Phi) is 3.70. The van der Waals surface area contributed by atoms with Gasteiger partial charge in [-0.2, -0.15) is 0 Å². The van der Waals surface area contributed by atoms with Gasteiger partial charge in [0.25, 0.3) is 0 Å². The summed E-state index contributed by atoms with van der Waals surface area (Å²) in [7, 11) is 0. The van der Waals surface area contributed by atoms with Crippen LogP contribution in [0.5, 0.6) is 0 Å². The van der Waals surface area contributed by atoms with Crippen LogP contribution in [0.15, 0.2) is 5.16 Å². The van der Waals surface area contributed by atoms with Crippen LogP contribution in [0.1, 0.15) is 31.5 Å². The van der Waals surface area contributed by atoms with Crippen molar-refractivity contribution in [2.75, 3.05) is 5.75 Å². The summed E-state index contributed by atoms with van der Waals surface area (Å²) in [5.41, 5.74) is 0.916. The van der Waals surface area contributed by atoms with Gasteiger partial charge in [0, 0.05) is 6.04 Å². The minimum absolute atomic E-state index is 0.00751. The van der Waals surface area contributed by atoms with Gasteiger partial charge in [0.2, 0.25) is 0 Å². The van der Waals surface area contributed by atoms with E-state index in [1.54, 1.807) is 0 Å². The van der Waals surface area contributed by atoms with Crippen molar-refractivity contribution in [1.29, 1.82) is 0 Å². The Bertz CT molecular complexity index is 635. The number of aryl methyl sites for hydroxylation is 1. The second-order valence-corrected chi connectivity index (χ2v) is 6.19. The molecule has 0 aromatic carbocycles. The van der Waals surface area contributed by atoms with Crippen LogP contribution in [0.4, 0.5) is 0 Å². The van der Waals surface area contributed by atoms with Crippen molar-refractivity contribution in [3.63, 3.8) is 0 Å². The topological polar surface area (TPSA) is 93.8 Å². The summed E-state index contributed by atoms with van der Waals surface area (Å²) >= 11 is 2.52. The number of hydrogen-bond acceptors (Lipinski definition) is 7. The minimum atomic E-state index is -0.851. The van der Waals surface area contributed by atoms with Crippen molar-refractivity contribution in [2.45, 2.75) is 37.4 Å². The third-order valence-electron chi connectivity index (χ3n) is 3.00. The number of rotatable bonds is 6. The fourth-order valence-corrected chi connectivity index (χ4v) is 3.39. The Labute approximate surface area is 123 Å². The zero-order valence-corrected chi connectivity index (χ0v) is 12.4. The van der Waals surface area contributed by atoms with Gasteiger partial charge in [-0.15, -0.1) is 15.3 Å². The normalized spacial score (nSPS) is 14.7. The molecule has 7 nitrogen and oxygen atoms in total. The highest BCUT2D eigenvalue weighted by Crippen LogP contribution is 2.42. The van der Waals surface area contributed by atoms with Crippen LogP contribution in [-0.4, -0.2) is 41.2 Å². The molecule has 0 radical (unpaired) electrons. The van der Waals surface area contributed by atoms with Crippen molar-refractivity contribution in [3.8, 4) is 10.7 Å². The van der Waals surface area contributed by atoms with Crippen LogP contribution in [0, 0.1) is 0 Å². The summed E-state index contributed by atoms with van der Waals surface area (Å²) in [4.78, 5) is 11.6. The van der Waals surface area contributed by atoms with Gasteiger partial charge >= 0.3 is 5.97 Å². The molecular weight excluding hydrogens is 298 g/mol. The molecule has 20 heavy (non-hydrogen) atoms. The number of carbonyl (C=O) groups is 1. The molecule has 0 bridgehead atoms. The lowest BCUT2D eigenvalue weighted by molar-refractivity contribution is -0.133. The molecule has 2 heterocycles. The molecule has 0 spiro atoms. The summed E-state index contributed by atoms with van der Waals surface area (Å²) in [5.74, 6) is -0.0882. The average molecular weight is 311 g/mol. The number of carboxylic acids is 1. The van der Waals surface area contributed by atoms with E-state index in [4.69, 9.17) is 5.11 Å². The molecule has 106 valence electrons. The van der Waals surface area contributed by atoms with Crippen molar-refractivity contribution in [2.24, 2.45) is 0 Å². The fraction of sp³-hybridized carbons (Fsp3) is 0.545. The highest BCUT2D eigenvalue weighted by molar-refractivity contribution is 7.99. The van der Waals surface area contributed by atoms with Crippen molar-refractivity contribution in [3.05, 3.63) is 5.69 Å². The maximum Gasteiger partial charge on any atom is 0.313 e. The highest BCUT2D eigenvalue weighted by atomic mass is 32.2. The molecular formula is C11H13N5O2S2. The average Bonchev–Trinajstić information content (AvgIpc) is 3.02. The van der Waals surface area contributed by atoms with Crippen molar-refractivity contribution >= 4 is 29.3 Å². The number of aliphatic carboxylic acids is 1. The van der Waals surface area contributed by atoms with Crippen molar-refractivity contribution in [1.82, 2.24) is 24.4 Å². The van der Waals surface area contributed by atoms with Gasteiger partial charge < -0.3 is 5.11 Å². The Morgan fingerprint density at radius 2 is 2.25 bits per heavy atom. The maximum atomic E-state index is 10.7. The third-order valence-corrected chi connectivity index (χ3v) is 4.69. The van der Waals surface area contributed by atoms with E-state index in [0.29, 0.717) is 11.2 Å². The Morgan fingerprint density at radius 3 is 2.90 bits per heavy atom. The van der Waals surface area contributed by atoms with Crippen LogP contribution in [0.25, 0.3) is 10.7 Å². The van der Waals surface area contributed by atoms with Gasteiger partial charge in [0.05, 0.1) is 11.4 Å². The molecule has 0 saturated heterocycles. The number of carboxylic acid groups (broad SMARTS) is 1. The van der Waals surface area contributed by atoms with E-state index in [9.17, 15) is 4.79 Å².